The molecule has 2 aliphatic carbocycles. The maximum Gasteiger partial charge on any atom is 0.312 e. The number of rotatable bonds is 3. The molecule has 0 aromatic rings. The van der Waals surface area contributed by atoms with Gasteiger partial charge in [0.15, 0.2) is 0 Å². The Morgan fingerprint density at radius 2 is 1.94 bits per heavy atom. The zero-order valence-electron chi connectivity index (χ0n) is 10.4. The molecule has 0 aromatic heterocycles. The summed E-state index contributed by atoms with van der Waals surface area (Å²) in [6.45, 7) is 0. The van der Waals surface area contributed by atoms with E-state index in [0.717, 1.165) is 25.7 Å². The topological polar surface area (TPSA) is 49.8 Å². The highest BCUT2D eigenvalue weighted by atomic mass is 16.6. The van der Waals surface area contributed by atoms with Gasteiger partial charge < -0.3 is 9.84 Å². The maximum atomic E-state index is 11.7. The van der Waals surface area contributed by atoms with Crippen molar-refractivity contribution in [2.75, 3.05) is 0 Å². The summed E-state index contributed by atoms with van der Waals surface area (Å²) >= 11 is 0. The Balaban J connectivity index is 1.73. The molecule has 1 N–H and O–H groups in total. The van der Waals surface area contributed by atoms with E-state index in [9.17, 15) is 9.90 Å². The predicted molar refractivity (Wildman–Crippen MR) is 63.8 cm³/mol. The molecule has 3 nitrogen and oxygen atoms in total. The van der Waals surface area contributed by atoms with Gasteiger partial charge in [0, 0.05) is 0 Å². The molecule has 3 atom stereocenters. The van der Waals surface area contributed by atoms with Gasteiger partial charge >= 0.3 is 5.97 Å². The van der Waals surface area contributed by atoms with Crippen LogP contribution in [0.1, 0.15) is 57.8 Å². The second-order valence-electron chi connectivity index (χ2n) is 6.16. The largest absolute Gasteiger partial charge is 0.481 e. The molecule has 17 heavy (non-hydrogen) atoms. The van der Waals surface area contributed by atoms with Crippen molar-refractivity contribution in [3.63, 3.8) is 0 Å². The van der Waals surface area contributed by atoms with Crippen LogP contribution in [0.2, 0.25) is 0 Å². The lowest BCUT2D eigenvalue weighted by Gasteiger charge is -2.35. The van der Waals surface area contributed by atoms with Crippen LogP contribution < -0.4 is 0 Å². The summed E-state index contributed by atoms with van der Waals surface area (Å²) in [5.74, 6) is 0.0260. The van der Waals surface area contributed by atoms with Gasteiger partial charge in [0.1, 0.15) is 6.10 Å². The summed E-state index contributed by atoms with van der Waals surface area (Å²) in [6.07, 6.45) is 10.5. The van der Waals surface area contributed by atoms with Crippen molar-refractivity contribution in [2.24, 2.45) is 11.3 Å². The van der Waals surface area contributed by atoms with E-state index < -0.39 is 11.4 Å². The van der Waals surface area contributed by atoms with Crippen molar-refractivity contribution in [1.82, 2.24) is 0 Å². The van der Waals surface area contributed by atoms with Crippen molar-refractivity contribution in [3.8, 4) is 0 Å². The lowest BCUT2D eigenvalue weighted by atomic mass is 9.67. The molecule has 0 bridgehead atoms. The zero-order chi connectivity index (χ0) is 11.9. The fraction of sp³-hybridized carbons (Fsp3) is 0.929. The first kappa shape index (κ1) is 11.5. The molecule has 3 heteroatoms. The smallest absolute Gasteiger partial charge is 0.312 e. The highest BCUT2D eigenvalue weighted by molar-refractivity contribution is 5.76. The molecule has 3 rings (SSSR count). The Morgan fingerprint density at radius 1 is 1.18 bits per heavy atom. The van der Waals surface area contributed by atoms with Gasteiger partial charge in [-0.15, -0.1) is 0 Å². The predicted octanol–water partition coefficient (Wildman–Crippen LogP) is 2.98. The fourth-order valence-corrected chi connectivity index (χ4v) is 4.05. The van der Waals surface area contributed by atoms with E-state index in [1.54, 1.807) is 0 Å². The first-order valence-corrected chi connectivity index (χ1v) is 7.11. The molecule has 1 saturated heterocycles. The zero-order valence-corrected chi connectivity index (χ0v) is 10.4. The van der Waals surface area contributed by atoms with E-state index in [4.69, 9.17) is 4.74 Å². The molecular formula is C14H22O3. The number of carboxylic acid groups (broad SMARTS) is 1. The number of carboxylic acids is 1. The number of carbonyl (C=O) groups is 1. The number of aliphatic carboxylic acids is 1. The number of hydrogen-bond acceptors (Lipinski definition) is 2. The van der Waals surface area contributed by atoms with Crippen LogP contribution >= 0.6 is 0 Å². The van der Waals surface area contributed by atoms with Crippen molar-refractivity contribution in [2.45, 2.75) is 70.0 Å². The first-order valence-electron chi connectivity index (χ1n) is 7.11. The third kappa shape index (κ3) is 1.99. The second-order valence-corrected chi connectivity index (χ2v) is 6.16. The van der Waals surface area contributed by atoms with Gasteiger partial charge in [-0.05, 0) is 31.6 Å². The first-order chi connectivity index (χ1) is 8.22. The minimum atomic E-state index is -0.602. The molecule has 0 aromatic carbocycles. The van der Waals surface area contributed by atoms with Gasteiger partial charge in [-0.1, -0.05) is 32.1 Å². The Bertz CT molecular complexity index is 309. The molecule has 0 amide bonds. The summed E-state index contributed by atoms with van der Waals surface area (Å²) < 4.78 is 5.62. The summed E-state index contributed by atoms with van der Waals surface area (Å²) in [6, 6.07) is 0. The second kappa shape index (κ2) is 4.27. The van der Waals surface area contributed by atoms with Crippen LogP contribution in [-0.2, 0) is 9.53 Å². The SMILES string of the molecule is O=C(O)C1(CC2CCCCC2)CCCC2OC21. The summed E-state index contributed by atoms with van der Waals surface area (Å²) in [7, 11) is 0. The van der Waals surface area contributed by atoms with Crippen LogP contribution in [0.25, 0.3) is 0 Å². The fourth-order valence-electron chi connectivity index (χ4n) is 4.05. The molecule has 1 aliphatic heterocycles. The van der Waals surface area contributed by atoms with Gasteiger partial charge in [0.25, 0.3) is 0 Å². The minimum absolute atomic E-state index is 0.0377. The van der Waals surface area contributed by atoms with E-state index in [1.807, 2.05) is 0 Å². The van der Waals surface area contributed by atoms with Crippen molar-refractivity contribution in [3.05, 3.63) is 0 Å². The van der Waals surface area contributed by atoms with E-state index in [0.29, 0.717) is 5.92 Å². The van der Waals surface area contributed by atoms with Crippen LogP contribution in [0, 0.1) is 11.3 Å². The van der Waals surface area contributed by atoms with Crippen LogP contribution in [0.3, 0.4) is 0 Å². The minimum Gasteiger partial charge on any atom is -0.481 e. The molecule has 3 fully saturated rings. The van der Waals surface area contributed by atoms with Crippen molar-refractivity contribution >= 4 is 5.97 Å². The van der Waals surface area contributed by atoms with E-state index in [1.165, 1.54) is 32.1 Å². The van der Waals surface area contributed by atoms with Gasteiger partial charge in [0.05, 0.1) is 11.5 Å². The van der Waals surface area contributed by atoms with E-state index >= 15 is 0 Å². The lowest BCUT2D eigenvalue weighted by Crippen LogP contribution is -2.41. The summed E-state index contributed by atoms with van der Waals surface area (Å²) in [5.41, 5.74) is -0.537. The molecule has 2 saturated carbocycles. The highest BCUT2D eigenvalue weighted by Gasteiger charge is 2.61. The normalized spacial score (nSPS) is 41.9. The Morgan fingerprint density at radius 3 is 2.65 bits per heavy atom. The molecular weight excluding hydrogens is 216 g/mol. The molecule has 3 unspecified atom stereocenters. The third-order valence-corrected chi connectivity index (χ3v) is 5.04. The lowest BCUT2D eigenvalue weighted by molar-refractivity contribution is -0.153. The number of epoxide rings is 1. The maximum absolute atomic E-state index is 11.7. The quantitative estimate of drug-likeness (QED) is 0.769. The van der Waals surface area contributed by atoms with Gasteiger partial charge in [-0.25, -0.2) is 0 Å². The van der Waals surface area contributed by atoms with Crippen molar-refractivity contribution < 1.29 is 14.6 Å². The highest BCUT2D eigenvalue weighted by Crippen LogP contribution is 2.53. The monoisotopic (exact) mass is 238 g/mol. The number of hydrogen-bond donors (Lipinski definition) is 1. The Labute approximate surface area is 103 Å². The van der Waals surface area contributed by atoms with E-state index in [2.05, 4.69) is 0 Å². The van der Waals surface area contributed by atoms with E-state index in [-0.39, 0.29) is 12.2 Å². The van der Waals surface area contributed by atoms with Gasteiger partial charge in [-0.2, -0.15) is 0 Å². The summed E-state index contributed by atoms with van der Waals surface area (Å²) in [4.78, 5) is 11.7. The number of ether oxygens (including phenoxy) is 1. The Hall–Kier alpha value is -0.570. The Kier molecular flexibility index (Phi) is 2.89. The molecule has 3 aliphatic rings. The van der Waals surface area contributed by atoms with Crippen LogP contribution in [0.15, 0.2) is 0 Å². The average Bonchev–Trinajstić information content (AvgIpc) is 3.10. The van der Waals surface area contributed by atoms with Crippen LogP contribution in [0.5, 0.6) is 0 Å². The van der Waals surface area contributed by atoms with Gasteiger partial charge in [0.2, 0.25) is 0 Å². The molecule has 0 spiro atoms. The molecule has 0 radical (unpaired) electrons. The third-order valence-electron chi connectivity index (χ3n) is 5.04. The van der Waals surface area contributed by atoms with Crippen LogP contribution in [0.4, 0.5) is 0 Å². The number of fused-ring (bicyclic) bond motifs is 1. The molecule has 96 valence electrons. The van der Waals surface area contributed by atoms with Crippen molar-refractivity contribution in [1.29, 1.82) is 0 Å². The standard InChI is InChI=1S/C14H22O3/c15-13(16)14(8-4-7-11-12(14)17-11)9-10-5-2-1-3-6-10/h10-12H,1-9H2,(H,15,16). The summed E-state index contributed by atoms with van der Waals surface area (Å²) in [5, 5.41) is 9.64. The average molecular weight is 238 g/mol. The van der Waals surface area contributed by atoms with Gasteiger partial charge in [-0.3, -0.25) is 4.79 Å². The van der Waals surface area contributed by atoms with Crippen LogP contribution in [-0.4, -0.2) is 23.3 Å². The molecule has 1 heterocycles.